The molecule has 6 aromatic rings. The smallest absolute Gasteiger partial charge is 0.333 e. The topological polar surface area (TPSA) is 154 Å². The van der Waals surface area contributed by atoms with Crippen molar-refractivity contribution in [1.82, 2.24) is 30.0 Å². The number of hydrogen-bond acceptors (Lipinski definition) is 10. The summed E-state index contributed by atoms with van der Waals surface area (Å²) < 4.78 is 10.7. The molecule has 0 fully saturated rings. The van der Waals surface area contributed by atoms with Crippen molar-refractivity contribution in [2.75, 3.05) is 13.2 Å². The summed E-state index contributed by atoms with van der Waals surface area (Å²) in [6.45, 7) is 10.6. The minimum absolute atomic E-state index is 0.0795. The predicted molar refractivity (Wildman–Crippen MR) is 183 cm³/mol. The Kier molecular flexibility index (Phi) is 9.20. The zero-order valence-electron chi connectivity index (χ0n) is 27.1. The standard InChI is InChI=1S/C37H34N6O6/c1-22(2)36(46)48-15-13-24-17-26(34(44)32(19-24)42-38-28-9-5-6-10-29(28)39-42)21-27-18-25(14-16-49-37(47)23(3)4)20-33(35(27)45)43-40-30-11-7-8-12-31(30)41-43/h5-12,17-20,44-45H,1,3,13-16,21H2,2,4H3. The van der Waals surface area contributed by atoms with Gasteiger partial charge in [-0.15, -0.1) is 30.0 Å². The normalized spacial score (nSPS) is 11.1. The molecule has 0 aliphatic rings. The van der Waals surface area contributed by atoms with E-state index < -0.39 is 11.9 Å². The molecule has 2 heterocycles. The van der Waals surface area contributed by atoms with Gasteiger partial charge in [-0.1, -0.05) is 49.6 Å². The molecule has 2 aromatic heterocycles. The fourth-order valence-corrected chi connectivity index (χ4v) is 5.26. The third kappa shape index (κ3) is 7.18. The highest BCUT2D eigenvalue weighted by molar-refractivity contribution is 5.87. The van der Waals surface area contributed by atoms with Crippen molar-refractivity contribution >= 4 is 34.0 Å². The number of carbonyl (C=O) groups is 2. The molecule has 0 aliphatic heterocycles. The molecular weight excluding hydrogens is 624 g/mol. The van der Waals surface area contributed by atoms with E-state index in [1.165, 1.54) is 9.59 Å². The summed E-state index contributed by atoms with van der Waals surface area (Å²) in [5.41, 5.74) is 6.20. The first-order chi connectivity index (χ1) is 23.6. The summed E-state index contributed by atoms with van der Waals surface area (Å²) in [6, 6.07) is 21.7. The Hall–Kier alpha value is -6.30. The maximum Gasteiger partial charge on any atom is 0.333 e. The highest BCUT2D eigenvalue weighted by atomic mass is 16.5. The number of aromatic hydroxyl groups is 2. The molecule has 12 heteroatoms. The van der Waals surface area contributed by atoms with Crippen LogP contribution in [-0.4, -0.2) is 65.4 Å². The van der Waals surface area contributed by atoms with Crippen LogP contribution in [0.15, 0.2) is 97.1 Å². The number of hydrogen-bond donors (Lipinski definition) is 2. The van der Waals surface area contributed by atoms with Crippen molar-refractivity contribution in [3.63, 3.8) is 0 Å². The van der Waals surface area contributed by atoms with Gasteiger partial charge in [0.25, 0.3) is 0 Å². The van der Waals surface area contributed by atoms with Crippen LogP contribution in [0.4, 0.5) is 0 Å². The van der Waals surface area contributed by atoms with Crippen molar-refractivity contribution < 1.29 is 29.3 Å². The van der Waals surface area contributed by atoms with Crippen LogP contribution in [0.2, 0.25) is 0 Å². The zero-order valence-corrected chi connectivity index (χ0v) is 27.1. The minimum Gasteiger partial charge on any atom is -0.505 e. The number of fused-ring (bicyclic) bond motifs is 2. The summed E-state index contributed by atoms with van der Waals surface area (Å²) in [7, 11) is 0. The Morgan fingerprint density at radius 3 is 1.31 bits per heavy atom. The van der Waals surface area contributed by atoms with Crippen molar-refractivity contribution in [3.8, 4) is 22.9 Å². The Morgan fingerprint density at radius 1 is 0.633 bits per heavy atom. The number of esters is 2. The Labute approximate surface area is 281 Å². The van der Waals surface area contributed by atoms with Crippen LogP contribution in [0.5, 0.6) is 11.5 Å². The lowest BCUT2D eigenvalue weighted by molar-refractivity contribution is -0.139. The molecule has 0 bridgehead atoms. The van der Waals surface area contributed by atoms with Gasteiger partial charge in [-0.05, 0) is 61.4 Å². The number of nitrogens with zero attached hydrogens (tertiary/aromatic N) is 6. The molecule has 0 spiro atoms. The van der Waals surface area contributed by atoms with Gasteiger partial charge in [0.2, 0.25) is 0 Å². The Morgan fingerprint density at radius 2 is 0.980 bits per heavy atom. The Bertz CT molecular complexity index is 2030. The summed E-state index contributed by atoms with van der Waals surface area (Å²) in [5, 5.41) is 41.6. The molecule has 0 atom stereocenters. The number of carbonyl (C=O) groups excluding carboxylic acids is 2. The number of phenolic OH excluding ortho intramolecular Hbond substituents is 2. The molecule has 2 N–H and O–H groups in total. The summed E-state index contributed by atoms with van der Waals surface area (Å²) in [6.07, 6.45) is 0.739. The molecule has 0 saturated carbocycles. The van der Waals surface area contributed by atoms with Gasteiger partial charge in [-0.2, -0.15) is 0 Å². The molecule has 0 saturated heterocycles. The van der Waals surface area contributed by atoms with E-state index in [4.69, 9.17) is 9.47 Å². The van der Waals surface area contributed by atoms with Crippen molar-refractivity contribution in [2.45, 2.75) is 33.1 Å². The second-order valence-electron chi connectivity index (χ2n) is 11.7. The van der Waals surface area contributed by atoms with E-state index in [1.54, 1.807) is 38.1 Å². The van der Waals surface area contributed by atoms with Gasteiger partial charge < -0.3 is 19.7 Å². The van der Waals surface area contributed by atoms with Crippen LogP contribution >= 0.6 is 0 Å². The van der Waals surface area contributed by atoms with Crippen LogP contribution in [0.3, 0.4) is 0 Å². The zero-order chi connectivity index (χ0) is 34.7. The predicted octanol–water partition coefficient (Wildman–Crippen LogP) is 5.48. The van der Waals surface area contributed by atoms with E-state index in [0.29, 0.717) is 68.6 Å². The van der Waals surface area contributed by atoms with Crippen LogP contribution in [0, 0.1) is 0 Å². The van der Waals surface area contributed by atoms with Crippen molar-refractivity contribution in [1.29, 1.82) is 0 Å². The van der Waals surface area contributed by atoms with Crippen LogP contribution in [0.25, 0.3) is 33.4 Å². The van der Waals surface area contributed by atoms with E-state index >= 15 is 0 Å². The maximum absolute atomic E-state index is 12.0. The van der Waals surface area contributed by atoms with Gasteiger partial charge in [-0.3, -0.25) is 0 Å². The van der Waals surface area contributed by atoms with Crippen LogP contribution in [0.1, 0.15) is 36.1 Å². The van der Waals surface area contributed by atoms with Gasteiger partial charge in [0.15, 0.2) is 0 Å². The lowest BCUT2D eigenvalue weighted by Crippen LogP contribution is -2.10. The first kappa shape index (κ1) is 32.6. The molecule has 12 nitrogen and oxygen atoms in total. The van der Waals surface area contributed by atoms with E-state index in [1.807, 2.05) is 48.5 Å². The molecular formula is C37H34N6O6. The van der Waals surface area contributed by atoms with Gasteiger partial charge in [0.1, 0.15) is 44.9 Å². The molecule has 0 aliphatic carbocycles. The molecule has 6 rings (SSSR count). The average Bonchev–Trinajstić information content (AvgIpc) is 3.71. The van der Waals surface area contributed by atoms with Crippen molar-refractivity contribution in [3.05, 3.63) is 119 Å². The second kappa shape index (κ2) is 13.8. The second-order valence-corrected chi connectivity index (χ2v) is 11.7. The first-order valence-corrected chi connectivity index (χ1v) is 15.6. The molecule has 0 unspecified atom stereocenters. The third-order valence-electron chi connectivity index (χ3n) is 7.79. The lowest BCUT2D eigenvalue weighted by atomic mass is 9.96. The van der Waals surface area contributed by atoms with Gasteiger partial charge in [0, 0.05) is 41.5 Å². The molecule has 4 aromatic carbocycles. The average molecular weight is 659 g/mol. The highest BCUT2D eigenvalue weighted by Gasteiger charge is 2.20. The maximum atomic E-state index is 12.0. The van der Waals surface area contributed by atoms with E-state index in [-0.39, 0.29) is 31.1 Å². The van der Waals surface area contributed by atoms with E-state index in [9.17, 15) is 19.8 Å². The number of aromatic nitrogens is 6. The number of benzene rings is 4. The van der Waals surface area contributed by atoms with E-state index in [0.717, 1.165) is 11.1 Å². The first-order valence-electron chi connectivity index (χ1n) is 15.6. The SMILES string of the molecule is C=C(C)C(=O)OCCc1cc(Cc2cc(CCOC(=O)C(=C)C)cc(-n3nc4ccccc4n3)c2O)c(O)c(-n2nc3ccccc3n2)c1. The summed E-state index contributed by atoms with van der Waals surface area (Å²) in [5.74, 6) is -1.18. The van der Waals surface area contributed by atoms with Crippen molar-refractivity contribution in [2.24, 2.45) is 0 Å². The van der Waals surface area contributed by atoms with Crippen LogP contribution < -0.4 is 0 Å². The molecule has 0 radical (unpaired) electrons. The number of ether oxygens (including phenoxy) is 2. The van der Waals surface area contributed by atoms with Crippen LogP contribution in [-0.2, 0) is 38.3 Å². The number of phenols is 2. The van der Waals surface area contributed by atoms with Gasteiger partial charge in [0.05, 0.1) is 13.2 Å². The van der Waals surface area contributed by atoms with Gasteiger partial charge >= 0.3 is 11.9 Å². The van der Waals surface area contributed by atoms with E-state index in [2.05, 4.69) is 33.6 Å². The summed E-state index contributed by atoms with van der Waals surface area (Å²) in [4.78, 5) is 26.8. The van der Waals surface area contributed by atoms with Gasteiger partial charge in [-0.25, -0.2) is 9.59 Å². The molecule has 0 amide bonds. The highest BCUT2D eigenvalue weighted by Crippen LogP contribution is 2.35. The largest absolute Gasteiger partial charge is 0.505 e. The lowest BCUT2D eigenvalue weighted by Gasteiger charge is -2.16. The summed E-state index contributed by atoms with van der Waals surface area (Å²) >= 11 is 0. The molecule has 49 heavy (non-hydrogen) atoms. The monoisotopic (exact) mass is 658 g/mol. The third-order valence-corrected chi connectivity index (χ3v) is 7.79. The fraction of sp³-hybridized carbons (Fsp3) is 0.189. The Balaban J connectivity index is 1.41. The fourth-order valence-electron chi connectivity index (χ4n) is 5.26. The minimum atomic E-state index is -0.498. The molecule has 248 valence electrons. The number of rotatable bonds is 12. The quantitative estimate of drug-likeness (QED) is 0.128.